The number of rotatable bonds is 10. The highest BCUT2D eigenvalue weighted by molar-refractivity contribution is 7.99. The van der Waals surface area contributed by atoms with E-state index in [2.05, 4.69) is 34.6 Å². The predicted octanol–water partition coefficient (Wildman–Crippen LogP) is 4.05. The minimum absolute atomic E-state index is 0.0883. The summed E-state index contributed by atoms with van der Waals surface area (Å²) >= 11 is 1.38. The van der Waals surface area contributed by atoms with Crippen LogP contribution >= 0.6 is 11.8 Å². The van der Waals surface area contributed by atoms with Crippen molar-refractivity contribution < 1.29 is 14.3 Å². The van der Waals surface area contributed by atoms with Gasteiger partial charge in [-0.15, -0.1) is 10.2 Å². The summed E-state index contributed by atoms with van der Waals surface area (Å²) in [7, 11) is 5.24. The lowest BCUT2D eigenvalue weighted by Gasteiger charge is -2.08. The second-order valence-corrected chi connectivity index (χ2v) is 8.12. The van der Waals surface area contributed by atoms with E-state index in [1.807, 2.05) is 41.9 Å². The smallest absolute Gasteiger partial charge is 0.234 e. The van der Waals surface area contributed by atoms with Crippen LogP contribution in [0.15, 0.2) is 47.6 Å². The van der Waals surface area contributed by atoms with Crippen LogP contribution in [0.5, 0.6) is 11.5 Å². The molecule has 0 unspecified atom stereocenters. The molecular formula is C23H28N4O3S. The second kappa shape index (κ2) is 10.9. The fraction of sp³-hybridized carbons (Fsp3) is 0.348. The number of hydrogen-bond donors (Lipinski definition) is 1. The Labute approximate surface area is 187 Å². The van der Waals surface area contributed by atoms with Crippen molar-refractivity contribution >= 4 is 23.4 Å². The van der Waals surface area contributed by atoms with E-state index in [1.165, 1.54) is 17.3 Å². The number of hydrogen-bond acceptors (Lipinski definition) is 6. The summed E-state index contributed by atoms with van der Waals surface area (Å²) in [5.74, 6) is 2.76. The van der Waals surface area contributed by atoms with E-state index in [-0.39, 0.29) is 11.7 Å². The third-order valence-electron chi connectivity index (χ3n) is 4.96. The number of nitrogens with one attached hydrogen (secondary N) is 1. The lowest BCUT2D eigenvalue weighted by Crippen LogP contribution is -2.14. The van der Waals surface area contributed by atoms with Crippen LogP contribution in [0.1, 0.15) is 23.4 Å². The summed E-state index contributed by atoms with van der Waals surface area (Å²) in [4.78, 5) is 12.2. The van der Waals surface area contributed by atoms with Crippen molar-refractivity contribution in [2.24, 2.45) is 7.05 Å². The quantitative estimate of drug-likeness (QED) is 0.479. The van der Waals surface area contributed by atoms with Crippen molar-refractivity contribution in [3.05, 3.63) is 59.4 Å². The van der Waals surface area contributed by atoms with Crippen LogP contribution < -0.4 is 14.8 Å². The third-order valence-corrected chi connectivity index (χ3v) is 5.98. The number of ether oxygens (including phenoxy) is 2. The molecule has 0 spiro atoms. The Kier molecular flexibility index (Phi) is 7.94. The average molecular weight is 441 g/mol. The van der Waals surface area contributed by atoms with Crippen LogP contribution in [0.2, 0.25) is 0 Å². The number of carbonyl (C=O) groups is 1. The highest BCUT2D eigenvalue weighted by atomic mass is 32.2. The van der Waals surface area contributed by atoms with E-state index in [0.717, 1.165) is 53.0 Å². The van der Waals surface area contributed by atoms with Gasteiger partial charge in [-0.25, -0.2) is 0 Å². The number of amides is 1. The number of methoxy groups -OCH3 is 2. The van der Waals surface area contributed by atoms with Gasteiger partial charge >= 0.3 is 0 Å². The molecule has 1 aromatic heterocycles. The molecule has 0 atom stereocenters. The molecule has 3 aromatic rings. The van der Waals surface area contributed by atoms with Crippen LogP contribution in [-0.2, 0) is 24.7 Å². The summed E-state index contributed by atoms with van der Waals surface area (Å²) in [6, 6.07) is 13.5. The molecule has 0 aliphatic heterocycles. The van der Waals surface area contributed by atoms with Gasteiger partial charge in [0, 0.05) is 19.2 Å². The molecule has 0 aliphatic carbocycles. The van der Waals surface area contributed by atoms with Gasteiger partial charge < -0.3 is 19.4 Å². The van der Waals surface area contributed by atoms with Crippen LogP contribution in [0.3, 0.4) is 0 Å². The maximum Gasteiger partial charge on any atom is 0.234 e. The van der Waals surface area contributed by atoms with Gasteiger partial charge in [0.1, 0.15) is 17.3 Å². The third kappa shape index (κ3) is 6.24. The first-order valence-corrected chi connectivity index (χ1v) is 11.1. The van der Waals surface area contributed by atoms with E-state index >= 15 is 0 Å². The molecule has 31 heavy (non-hydrogen) atoms. The Bertz CT molecular complexity index is 1020. The summed E-state index contributed by atoms with van der Waals surface area (Å²) in [6.45, 7) is 2.05. The number of aromatic nitrogens is 3. The molecule has 0 aliphatic rings. The van der Waals surface area contributed by atoms with Crippen LogP contribution in [0.25, 0.3) is 0 Å². The topological polar surface area (TPSA) is 78.3 Å². The number of anilines is 1. The van der Waals surface area contributed by atoms with E-state index in [9.17, 15) is 4.79 Å². The first-order chi connectivity index (χ1) is 15.0. The van der Waals surface area contributed by atoms with Gasteiger partial charge in [0.25, 0.3) is 0 Å². The number of aryl methyl sites for hydroxylation is 3. The summed E-state index contributed by atoms with van der Waals surface area (Å²) in [5.41, 5.74) is 3.16. The van der Waals surface area contributed by atoms with E-state index in [0.29, 0.717) is 0 Å². The van der Waals surface area contributed by atoms with Gasteiger partial charge in [-0.2, -0.15) is 0 Å². The first kappa shape index (κ1) is 22.7. The van der Waals surface area contributed by atoms with Gasteiger partial charge in [-0.05, 0) is 61.2 Å². The molecule has 1 amide bonds. The molecule has 3 rings (SSSR count). The number of benzene rings is 2. The second-order valence-electron chi connectivity index (χ2n) is 7.18. The van der Waals surface area contributed by atoms with Crippen LogP contribution in [-0.4, -0.2) is 40.6 Å². The van der Waals surface area contributed by atoms with Crippen molar-refractivity contribution in [1.29, 1.82) is 0 Å². The molecule has 0 fully saturated rings. The van der Waals surface area contributed by atoms with Crippen molar-refractivity contribution in [2.75, 3.05) is 25.3 Å². The number of thioether (sulfide) groups is 1. The maximum atomic E-state index is 12.2. The molecule has 1 N–H and O–H groups in total. The Balaban J connectivity index is 1.46. The van der Waals surface area contributed by atoms with Gasteiger partial charge in [0.05, 0.1) is 20.0 Å². The Morgan fingerprint density at radius 3 is 2.52 bits per heavy atom. The van der Waals surface area contributed by atoms with Crippen LogP contribution in [0.4, 0.5) is 5.69 Å². The summed E-state index contributed by atoms with van der Waals surface area (Å²) in [6.07, 6.45) is 2.76. The molecule has 7 nitrogen and oxygen atoms in total. The molecule has 1 heterocycles. The highest BCUT2D eigenvalue weighted by Crippen LogP contribution is 2.21. The van der Waals surface area contributed by atoms with Gasteiger partial charge in [0.2, 0.25) is 5.91 Å². The number of nitrogens with zero attached hydrogens (tertiary/aromatic N) is 3. The van der Waals surface area contributed by atoms with Crippen molar-refractivity contribution in [1.82, 2.24) is 14.8 Å². The predicted molar refractivity (Wildman–Crippen MR) is 123 cm³/mol. The highest BCUT2D eigenvalue weighted by Gasteiger charge is 2.12. The standard InChI is InChI=1S/C23H28N4O3S/c1-16-14-17(8-13-20(16)30-4)6-5-7-21-25-26-23(27(21)2)31-15-22(28)24-18-9-11-19(29-3)12-10-18/h8-14H,5-7,15H2,1-4H3,(H,24,28). The van der Waals surface area contributed by atoms with E-state index in [4.69, 9.17) is 9.47 Å². The SMILES string of the molecule is COc1ccc(NC(=O)CSc2nnc(CCCc3ccc(OC)c(C)c3)n2C)cc1. The Morgan fingerprint density at radius 1 is 1.06 bits per heavy atom. The zero-order valence-corrected chi connectivity index (χ0v) is 19.2. The van der Waals surface area contributed by atoms with Crippen molar-refractivity contribution in [3.63, 3.8) is 0 Å². The minimum Gasteiger partial charge on any atom is -0.497 e. The monoisotopic (exact) mass is 440 g/mol. The molecule has 2 aromatic carbocycles. The summed E-state index contributed by atoms with van der Waals surface area (Å²) < 4.78 is 12.4. The normalized spacial score (nSPS) is 10.7. The largest absolute Gasteiger partial charge is 0.497 e. The fourth-order valence-corrected chi connectivity index (χ4v) is 3.97. The fourth-order valence-electron chi connectivity index (χ4n) is 3.24. The van der Waals surface area contributed by atoms with E-state index in [1.54, 1.807) is 14.2 Å². The van der Waals surface area contributed by atoms with Gasteiger partial charge in [-0.3, -0.25) is 4.79 Å². The molecule has 8 heteroatoms. The lowest BCUT2D eigenvalue weighted by atomic mass is 10.0. The van der Waals surface area contributed by atoms with E-state index < -0.39 is 0 Å². The van der Waals surface area contributed by atoms with Gasteiger partial charge in [0.15, 0.2) is 5.16 Å². The van der Waals surface area contributed by atoms with Crippen LogP contribution in [0, 0.1) is 6.92 Å². The average Bonchev–Trinajstić information content (AvgIpc) is 3.12. The molecule has 0 saturated heterocycles. The molecular weight excluding hydrogens is 412 g/mol. The number of carbonyl (C=O) groups excluding carboxylic acids is 1. The van der Waals surface area contributed by atoms with Gasteiger partial charge in [-0.1, -0.05) is 23.9 Å². The molecule has 0 bridgehead atoms. The van der Waals surface area contributed by atoms with Crippen molar-refractivity contribution in [2.45, 2.75) is 31.3 Å². The minimum atomic E-state index is -0.0883. The molecule has 0 saturated carbocycles. The Hall–Kier alpha value is -3.00. The zero-order valence-electron chi connectivity index (χ0n) is 18.3. The first-order valence-electron chi connectivity index (χ1n) is 10.1. The van der Waals surface area contributed by atoms with Crippen molar-refractivity contribution in [3.8, 4) is 11.5 Å². The maximum absolute atomic E-state index is 12.2. The molecule has 0 radical (unpaired) electrons. The lowest BCUT2D eigenvalue weighted by molar-refractivity contribution is -0.113. The zero-order chi connectivity index (χ0) is 22.2. The summed E-state index contributed by atoms with van der Waals surface area (Å²) in [5, 5.41) is 12.2. The molecule has 164 valence electrons. The Morgan fingerprint density at radius 2 is 1.84 bits per heavy atom.